The van der Waals surface area contributed by atoms with Crippen molar-refractivity contribution in [1.29, 1.82) is 0 Å². The second-order valence-corrected chi connectivity index (χ2v) is 3.88. The Morgan fingerprint density at radius 1 is 1.18 bits per heavy atom. The molecule has 1 heterocycles. The molecule has 0 aliphatic rings. The number of halogens is 3. The van der Waals surface area contributed by atoms with E-state index in [2.05, 4.69) is 20.9 Å². The lowest BCUT2D eigenvalue weighted by Gasteiger charge is -2.05. The lowest BCUT2D eigenvalue weighted by molar-refractivity contribution is 0.423. The highest BCUT2D eigenvalue weighted by atomic mass is 79.9. The van der Waals surface area contributed by atoms with Gasteiger partial charge in [-0.1, -0.05) is 22.0 Å². The van der Waals surface area contributed by atoms with E-state index in [0.29, 0.717) is 5.33 Å². The van der Waals surface area contributed by atoms with Gasteiger partial charge in [-0.05, 0) is 17.7 Å². The normalized spacial score (nSPS) is 10.3. The van der Waals surface area contributed by atoms with Gasteiger partial charge in [-0.2, -0.15) is 0 Å². The lowest BCUT2D eigenvalue weighted by Crippen LogP contribution is -1.92. The molecule has 0 aliphatic heterocycles. The molecule has 0 N–H and O–H groups in total. The Bertz CT molecular complexity index is 516. The summed E-state index contributed by atoms with van der Waals surface area (Å²) in [5, 5.41) is 0.686. The van der Waals surface area contributed by atoms with Crippen LogP contribution in [0.2, 0.25) is 0 Å². The third-order valence-electron chi connectivity index (χ3n) is 2.06. The summed E-state index contributed by atoms with van der Waals surface area (Å²) < 4.78 is 31.1. The Morgan fingerprint density at radius 2 is 2.00 bits per heavy atom. The van der Waals surface area contributed by atoms with Crippen molar-refractivity contribution in [3.05, 3.63) is 53.7 Å². The van der Waals surface area contributed by atoms with E-state index in [9.17, 15) is 8.78 Å². The monoisotopic (exact) mass is 299 g/mol. The quantitative estimate of drug-likeness (QED) is 0.798. The zero-order valence-electron chi connectivity index (χ0n) is 8.66. The minimum Gasteiger partial charge on any atom is -0.436 e. The molecular formula is C12H8BrF2NO. The van der Waals surface area contributed by atoms with E-state index < -0.39 is 11.6 Å². The number of alkyl halides is 1. The summed E-state index contributed by atoms with van der Waals surface area (Å²) in [5.74, 6) is -1.18. The first-order chi connectivity index (χ1) is 8.19. The van der Waals surface area contributed by atoms with E-state index in [1.54, 1.807) is 18.3 Å². The molecule has 0 radical (unpaired) electrons. The van der Waals surface area contributed by atoms with Gasteiger partial charge in [0, 0.05) is 23.7 Å². The molecule has 1 aromatic heterocycles. The van der Waals surface area contributed by atoms with Crippen LogP contribution in [0.5, 0.6) is 11.6 Å². The summed E-state index contributed by atoms with van der Waals surface area (Å²) in [7, 11) is 0. The van der Waals surface area contributed by atoms with Crippen LogP contribution in [0.15, 0.2) is 36.5 Å². The maximum Gasteiger partial charge on any atom is 0.219 e. The summed E-state index contributed by atoms with van der Waals surface area (Å²) in [6, 6.07) is 6.55. The van der Waals surface area contributed by atoms with Crippen molar-refractivity contribution < 1.29 is 13.5 Å². The molecule has 0 fully saturated rings. The minimum absolute atomic E-state index is 0.0505. The van der Waals surface area contributed by atoms with Gasteiger partial charge in [-0.15, -0.1) is 0 Å². The van der Waals surface area contributed by atoms with Crippen LogP contribution < -0.4 is 4.74 Å². The van der Waals surface area contributed by atoms with Crippen molar-refractivity contribution in [3.8, 4) is 11.6 Å². The van der Waals surface area contributed by atoms with Crippen LogP contribution >= 0.6 is 15.9 Å². The highest BCUT2D eigenvalue weighted by Gasteiger charge is 2.06. The van der Waals surface area contributed by atoms with Crippen molar-refractivity contribution >= 4 is 15.9 Å². The smallest absolute Gasteiger partial charge is 0.219 e. The molecule has 88 valence electrons. The fourth-order valence-electron chi connectivity index (χ4n) is 1.22. The number of ether oxygens (including phenoxy) is 1. The molecule has 5 heteroatoms. The molecule has 2 aromatic rings. The minimum atomic E-state index is -0.753. The zero-order chi connectivity index (χ0) is 12.3. The van der Waals surface area contributed by atoms with Gasteiger partial charge in [-0.3, -0.25) is 0 Å². The van der Waals surface area contributed by atoms with E-state index in [1.165, 1.54) is 6.07 Å². The number of hydrogen-bond donors (Lipinski definition) is 0. The maximum absolute atomic E-state index is 13.3. The predicted molar refractivity (Wildman–Crippen MR) is 63.3 cm³/mol. The van der Waals surface area contributed by atoms with Crippen LogP contribution in [-0.2, 0) is 5.33 Å². The number of nitrogens with zero attached hydrogens (tertiary/aromatic N) is 1. The van der Waals surface area contributed by atoms with Crippen molar-refractivity contribution in [2.75, 3.05) is 0 Å². The Balaban J connectivity index is 2.19. The first-order valence-corrected chi connectivity index (χ1v) is 5.95. The number of aromatic nitrogens is 1. The molecule has 0 spiro atoms. The number of rotatable bonds is 3. The van der Waals surface area contributed by atoms with Crippen LogP contribution in [-0.4, -0.2) is 4.98 Å². The molecule has 0 saturated heterocycles. The summed E-state index contributed by atoms with van der Waals surface area (Å²) in [6.07, 6.45) is 1.62. The van der Waals surface area contributed by atoms with Gasteiger partial charge in [0.1, 0.15) is 5.82 Å². The van der Waals surface area contributed by atoms with Crippen LogP contribution in [0.3, 0.4) is 0 Å². The van der Waals surface area contributed by atoms with Gasteiger partial charge in [0.15, 0.2) is 11.6 Å². The molecule has 0 unspecified atom stereocenters. The average Bonchev–Trinajstić information content (AvgIpc) is 2.34. The second kappa shape index (κ2) is 5.23. The van der Waals surface area contributed by atoms with Crippen LogP contribution in [0.4, 0.5) is 8.78 Å². The molecule has 17 heavy (non-hydrogen) atoms. The fraction of sp³-hybridized carbons (Fsp3) is 0.0833. The molecule has 0 bridgehead atoms. The Kier molecular flexibility index (Phi) is 3.68. The van der Waals surface area contributed by atoms with Gasteiger partial charge in [0.2, 0.25) is 5.88 Å². The van der Waals surface area contributed by atoms with Gasteiger partial charge >= 0.3 is 0 Å². The molecule has 0 aliphatic carbocycles. The summed E-state index contributed by atoms with van der Waals surface area (Å²) in [4.78, 5) is 4.00. The van der Waals surface area contributed by atoms with E-state index in [-0.39, 0.29) is 11.6 Å². The largest absolute Gasteiger partial charge is 0.436 e. The molecule has 0 saturated carbocycles. The van der Waals surface area contributed by atoms with E-state index in [1.807, 2.05) is 0 Å². The average molecular weight is 300 g/mol. The van der Waals surface area contributed by atoms with Gasteiger partial charge < -0.3 is 4.74 Å². The number of benzene rings is 1. The lowest BCUT2D eigenvalue weighted by atomic mass is 10.3. The second-order valence-electron chi connectivity index (χ2n) is 3.32. The molecule has 0 amide bonds. The van der Waals surface area contributed by atoms with Crippen molar-refractivity contribution in [2.45, 2.75) is 5.33 Å². The van der Waals surface area contributed by atoms with E-state index >= 15 is 0 Å². The fourth-order valence-corrected chi connectivity index (χ4v) is 1.55. The molecule has 2 rings (SSSR count). The van der Waals surface area contributed by atoms with Gasteiger partial charge in [0.25, 0.3) is 0 Å². The Morgan fingerprint density at radius 3 is 2.59 bits per heavy atom. The summed E-state index contributed by atoms with van der Waals surface area (Å²) >= 11 is 3.29. The van der Waals surface area contributed by atoms with E-state index in [0.717, 1.165) is 17.7 Å². The van der Waals surface area contributed by atoms with Crippen LogP contribution in [0, 0.1) is 11.6 Å². The first kappa shape index (κ1) is 12.0. The van der Waals surface area contributed by atoms with Crippen molar-refractivity contribution in [1.82, 2.24) is 4.98 Å². The maximum atomic E-state index is 13.3. The Labute approximate surface area is 105 Å². The first-order valence-electron chi connectivity index (χ1n) is 4.83. The van der Waals surface area contributed by atoms with Gasteiger partial charge in [-0.25, -0.2) is 13.8 Å². The molecular weight excluding hydrogens is 292 g/mol. The standard InChI is InChI=1S/C12H8BrF2NO/c13-6-8-1-4-12(16-7-8)17-11-3-2-9(14)5-10(11)15/h1-5,7H,6H2. The van der Waals surface area contributed by atoms with Crippen molar-refractivity contribution in [2.24, 2.45) is 0 Å². The SMILES string of the molecule is Fc1ccc(Oc2ccc(CBr)cn2)c(F)c1. The third kappa shape index (κ3) is 3.00. The summed E-state index contributed by atoms with van der Waals surface area (Å²) in [6.45, 7) is 0. The predicted octanol–water partition coefficient (Wildman–Crippen LogP) is 4.05. The molecule has 1 aromatic carbocycles. The van der Waals surface area contributed by atoms with E-state index in [4.69, 9.17) is 4.74 Å². The summed E-state index contributed by atoms with van der Waals surface area (Å²) in [5.41, 5.74) is 0.983. The van der Waals surface area contributed by atoms with Crippen LogP contribution in [0.25, 0.3) is 0 Å². The molecule has 2 nitrogen and oxygen atoms in total. The highest BCUT2D eigenvalue weighted by Crippen LogP contribution is 2.23. The third-order valence-corrected chi connectivity index (χ3v) is 2.71. The van der Waals surface area contributed by atoms with Crippen molar-refractivity contribution in [3.63, 3.8) is 0 Å². The molecule has 0 atom stereocenters. The van der Waals surface area contributed by atoms with Crippen LogP contribution in [0.1, 0.15) is 5.56 Å². The topological polar surface area (TPSA) is 22.1 Å². The highest BCUT2D eigenvalue weighted by molar-refractivity contribution is 9.08. The zero-order valence-corrected chi connectivity index (χ0v) is 10.2. The number of hydrogen-bond acceptors (Lipinski definition) is 2. The Hall–Kier alpha value is -1.49. The van der Waals surface area contributed by atoms with Gasteiger partial charge in [0.05, 0.1) is 0 Å². The number of pyridine rings is 1.